The molecule has 5 nitrogen and oxygen atoms in total. The van der Waals surface area contributed by atoms with E-state index in [-0.39, 0.29) is 11.8 Å². The van der Waals surface area contributed by atoms with Gasteiger partial charge in [0.2, 0.25) is 5.91 Å². The minimum atomic E-state index is -0.0675. The summed E-state index contributed by atoms with van der Waals surface area (Å²) in [5.41, 5.74) is 2.81. The lowest BCUT2D eigenvalue weighted by Gasteiger charge is -2.23. The average molecular weight is 381 g/mol. The molecule has 2 amide bonds. The SMILES string of the molecule is CC(C)[NH+](CCNC(=O)c1ccc(N2CCCC2=O)cc1)Cc1ccccc1. The van der Waals surface area contributed by atoms with Crippen LogP contribution in [0.3, 0.4) is 0 Å². The summed E-state index contributed by atoms with van der Waals surface area (Å²) in [4.78, 5) is 27.5. The van der Waals surface area contributed by atoms with Crippen LogP contribution < -0.4 is 15.1 Å². The lowest BCUT2D eigenvalue weighted by molar-refractivity contribution is -0.933. The van der Waals surface area contributed by atoms with Crippen LogP contribution in [0.2, 0.25) is 0 Å². The summed E-state index contributed by atoms with van der Waals surface area (Å²) in [5.74, 6) is 0.0921. The molecule has 1 heterocycles. The van der Waals surface area contributed by atoms with Gasteiger partial charge >= 0.3 is 0 Å². The van der Waals surface area contributed by atoms with Crippen LogP contribution in [-0.4, -0.2) is 37.5 Å². The summed E-state index contributed by atoms with van der Waals surface area (Å²) in [5, 5.41) is 3.03. The predicted molar refractivity (Wildman–Crippen MR) is 111 cm³/mol. The van der Waals surface area contributed by atoms with Crippen molar-refractivity contribution in [3.63, 3.8) is 0 Å². The molecule has 1 fully saturated rings. The molecular weight excluding hydrogens is 350 g/mol. The van der Waals surface area contributed by atoms with Crippen LogP contribution in [-0.2, 0) is 11.3 Å². The van der Waals surface area contributed by atoms with Crippen LogP contribution in [0.4, 0.5) is 5.69 Å². The van der Waals surface area contributed by atoms with Gasteiger partial charge in [0.15, 0.2) is 0 Å². The van der Waals surface area contributed by atoms with E-state index in [4.69, 9.17) is 0 Å². The lowest BCUT2D eigenvalue weighted by atomic mass is 10.1. The Morgan fingerprint density at radius 3 is 2.43 bits per heavy atom. The molecule has 1 saturated heterocycles. The lowest BCUT2D eigenvalue weighted by Crippen LogP contribution is -3.14. The number of carbonyl (C=O) groups excluding carboxylic acids is 2. The molecule has 0 bridgehead atoms. The molecule has 1 aliphatic rings. The number of benzene rings is 2. The average Bonchev–Trinajstić information content (AvgIpc) is 3.14. The fourth-order valence-electron chi connectivity index (χ4n) is 3.59. The van der Waals surface area contributed by atoms with Crippen molar-refractivity contribution in [1.82, 2.24) is 5.32 Å². The molecule has 28 heavy (non-hydrogen) atoms. The number of nitrogens with zero attached hydrogens (tertiary/aromatic N) is 1. The summed E-state index contributed by atoms with van der Waals surface area (Å²) in [6.45, 7) is 7.63. The Kier molecular flexibility index (Phi) is 6.82. The third-order valence-corrected chi connectivity index (χ3v) is 5.34. The molecule has 1 atom stereocenters. The van der Waals surface area contributed by atoms with Gasteiger partial charge in [-0.1, -0.05) is 30.3 Å². The van der Waals surface area contributed by atoms with Gasteiger partial charge in [0.1, 0.15) is 6.54 Å². The van der Waals surface area contributed by atoms with Crippen LogP contribution in [0.5, 0.6) is 0 Å². The Bertz CT molecular complexity index is 787. The Balaban J connectivity index is 1.50. The Hall–Kier alpha value is -2.66. The van der Waals surface area contributed by atoms with Gasteiger partial charge in [-0.2, -0.15) is 0 Å². The van der Waals surface area contributed by atoms with Crippen LogP contribution in [0.25, 0.3) is 0 Å². The second-order valence-corrected chi connectivity index (χ2v) is 7.68. The van der Waals surface area contributed by atoms with E-state index in [1.807, 2.05) is 18.2 Å². The number of hydrogen-bond donors (Lipinski definition) is 2. The molecule has 5 heteroatoms. The van der Waals surface area contributed by atoms with E-state index in [0.717, 1.165) is 31.7 Å². The van der Waals surface area contributed by atoms with Crippen molar-refractivity contribution in [1.29, 1.82) is 0 Å². The Morgan fingerprint density at radius 2 is 1.82 bits per heavy atom. The van der Waals surface area contributed by atoms with Gasteiger partial charge in [-0.25, -0.2) is 0 Å². The number of nitrogens with one attached hydrogen (secondary N) is 2. The summed E-state index contributed by atoms with van der Waals surface area (Å²) in [6.07, 6.45) is 1.51. The first-order valence-electron chi connectivity index (χ1n) is 10.1. The summed E-state index contributed by atoms with van der Waals surface area (Å²) < 4.78 is 0. The second-order valence-electron chi connectivity index (χ2n) is 7.68. The van der Waals surface area contributed by atoms with E-state index in [1.54, 1.807) is 17.0 Å². The van der Waals surface area contributed by atoms with Crippen molar-refractivity contribution in [3.8, 4) is 0 Å². The molecule has 0 aromatic heterocycles. The fraction of sp³-hybridized carbons (Fsp3) is 0.391. The number of rotatable bonds is 8. The minimum Gasteiger partial charge on any atom is -0.346 e. The zero-order chi connectivity index (χ0) is 19.9. The van der Waals surface area contributed by atoms with Crippen molar-refractivity contribution in [3.05, 3.63) is 65.7 Å². The first kappa shape index (κ1) is 20.1. The maximum atomic E-state index is 12.5. The zero-order valence-electron chi connectivity index (χ0n) is 16.8. The Labute approximate surface area is 167 Å². The highest BCUT2D eigenvalue weighted by atomic mass is 16.2. The van der Waals surface area contributed by atoms with Crippen LogP contribution >= 0.6 is 0 Å². The third-order valence-electron chi connectivity index (χ3n) is 5.34. The number of hydrogen-bond acceptors (Lipinski definition) is 2. The van der Waals surface area contributed by atoms with Gasteiger partial charge < -0.3 is 15.1 Å². The van der Waals surface area contributed by atoms with Gasteiger partial charge in [-0.15, -0.1) is 0 Å². The highest BCUT2D eigenvalue weighted by Crippen LogP contribution is 2.21. The standard InChI is InChI=1S/C23H29N3O2/c1-18(2)25(17-19-7-4-3-5-8-19)16-14-24-23(28)20-10-12-21(13-11-20)26-15-6-9-22(26)27/h3-5,7-8,10-13,18H,6,9,14-17H2,1-2H3,(H,24,28)/p+1. The van der Waals surface area contributed by atoms with Gasteiger partial charge in [0.05, 0.1) is 19.1 Å². The normalized spacial score (nSPS) is 15.1. The molecular formula is C23H30N3O2+. The summed E-state index contributed by atoms with van der Waals surface area (Å²) in [6, 6.07) is 18.3. The molecule has 0 aliphatic carbocycles. The third kappa shape index (κ3) is 5.20. The van der Waals surface area contributed by atoms with Gasteiger partial charge in [0.25, 0.3) is 5.91 Å². The van der Waals surface area contributed by atoms with E-state index in [1.165, 1.54) is 10.5 Å². The molecule has 0 radical (unpaired) electrons. The van der Waals surface area contributed by atoms with Crippen LogP contribution in [0.15, 0.2) is 54.6 Å². The zero-order valence-corrected chi connectivity index (χ0v) is 16.8. The minimum absolute atomic E-state index is 0.0675. The largest absolute Gasteiger partial charge is 0.346 e. The first-order chi connectivity index (χ1) is 13.5. The van der Waals surface area contributed by atoms with Crippen molar-refractivity contribution < 1.29 is 14.5 Å². The molecule has 2 N–H and O–H groups in total. The van der Waals surface area contributed by atoms with Crippen molar-refractivity contribution in [2.45, 2.75) is 39.3 Å². The molecule has 0 spiro atoms. The number of quaternary nitrogens is 1. The van der Waals surface area contributed by atoms with Gasteiger partial charge in [0, 0.05) is 29.8 Å². The van der Waals surface area contributed by atoms with E-state index in [0.29, 0.717) is 24.6 Å². The summed E-state index contributed by atoms with van der Waals surface area (Å²) >= 11 is 0. The molecule has 0 saturated carbocycles. The maximum Gasteiger partial charge on any atom is 0.251 e. The highest BCUT2D eigenvalue weighted by molar-refractivity contribution is 5.97. The van der Waals surface area contributed by atoms with Crippen molar-refractivity contribution in [2.75, 3.05) is 24.5 Å². The molecule has 1 aliphatic heterocycles. The topological polar surface area (TPSA) is 53.9 Å². The summed E-state index contributed by atoms with van der Waals surface area (Å²) in [7, 11) is 0. The van der Waals surface area contributed by atoms with Crippen molar-refractivity contribution in [2.24, 2.45) is 0 Å². The molecule has 148 valence electrons. The monoisotopic (exact) mass is 380 g/mol. The molecule has 3 rings (SSSR count). The number of carbonyl (C=O) groups is 2. The smallest absolute Gasteiger partial charge is 0.251 e. The highest BCUT2D eigenvalue weighted by Gasteiger charge is 2.21. The van der Waals surface area contributed by atoms with E-state index >= 15 is 0 Å². The molecule has 2 aromatic rings. The number of amides is 2. The van der Waals surface area contributed by atoms with Gasteiger partial charge in [-0.05, 0) is 44.5 Å². The molecule has 2 aromatic carbocycles. The van der Waals surface area contributed by atoms with E-state index < -0.39 is 0 Å². The van der Waals surface area contributed by atoms with E-state index in [2.05, 4.69) is 43.4 Å². The van der Waals surface area contributed by atoms with Gasteiger partial charge in [-0.3, -0.25) is 9.59 Å². The second kappa shape index (κ2) is 9.51. The fourth-order valence-corrected chi connectivity index (χ4v) is 3.59. The maximum absolute atomic E-state index is 12.5. The first-order valence-corrected chi connectivity index (χ1v) is 10.1. The predicted octanol–water partition coefficient (Wildman–Crippen LogP) is 2.04. The van der Waals surface area contributed by atoms with Crippen LogP contribution in [0, 0.1) is 0 Å². The number of anilines is 1. The molecule has 1 unspecified atom stereocenters. The van der Waals surface area contributed by atoms with Crippen molar-refractivity contribution >= 4 is 17.5 Å². The quantitative estimate of drug-likeness (QED) is 0.736. The Morgan fingerprint density at radius 1 is 1.11 bits per heavy atom. The van der Waals surface area contributed by atoms with E-state index in [9.17, 15) is 9.59 Å². The van der Waals surface area contributed by atoms with Crippen LogP contribution in [0.1, 0.15) is 42.6 Å².